The number of halogens is 3. The Hall–Kier alpha value is -1.03. The molecule has 0 saturated carbocycles. The first kappa shape index (κ1) is 104. The van der Waals surface area contributed by atoms with Crippen molar-refractivity contribution >= 4 is 410 Å². The highest BCUT2D eigenvalue weighted by Crippen LogP contribution is 2.25. The van der Waals surface area contributed by atoms with Crippen molar-refractivity contribution in [3.05, 3.63) is 110 Å². The number of aromatic carboxylic acids is 1. The SMILES string of the molecule is CC(C)(CO)CC(=O)c1ccc(Br)cn1.CC(C)(N)CO.CC1(C)COC(c2ccc(B(O)O)cn2)=N1.CC1(C)COC(c2ccc(Br)cn2)=N1.O=C(O)c1ccc(Br)cn1.[B]B([B])B(B([B])[B])B(B(B([B])[B])B([B])[B])B(B(B(B([B])[B])B([B])[B])B(B([B])[B])B([B])[B])B(B(B([B])[B])B([B])[B])B(B([B])[B])B([B])[B]. The van der Waals surface area contributed by atoms with E-state index in [9.17, 15) is 9.59 Å². The maximum Gasteiger partial charge on any atom is 0.490 e. The van der Waals surface area contributed by atoms with Crippen molar-refractivity contribution in [1.82, 2.24) is 19.9 Å². The van der Waals surface area contributed by atoms with E-state index in [1.165, 1.54) is 18.5 Å². The summed E-state index contributed by atoms with van der Waals surface area (Å²) in [7, 11) is 151. The summed E-state index contributed by atoms with van der Waals surface area (Å²) in [5.41, 5.74) is 6.41. The van der Waals surface area contributed by atoms with Crippen molar-refractivity contribution in [1.29, 1.82) is 0 Å². The van der Waals surface area contributed by atoms with E-state index in [-0.39, 0.29) is 41.2 Å². The van der Waals surface area contributed by atoms with Crippen LogP contribution in [-0.2, 0) is 9.47 Å². The van der Waals surface area contributed by atoms with Crippen LogP contribution in [0.15, 0.2) is 96.7 Å². The van der Waals surface area contributed by atoms with Crippen molar-refractivity contribution in [3.63, 3.8) is 0 Å². The van der Waals surface area contributed by atoms with Crippen LogP contribution < -0.4 is 11.2 Å². The van der Waals surface area contributed by atoms with Gasteiger partial charge in [-0.15, -0.1) is 0 Å². The highest BCUT2D eigenvalue weighted by atomic mass is 79.9. The summed E-state index contributed by atoms with van der Waals surface area (Å²) < 4.78 is 13.5. The number of hydrogen-bond acceptors (Lipinski definition) is 15. The van der Waals surface area contributed by atoms with Crippen LogP contribution >= 0.6 is 47.8 Å². The average Bonchev–Trinajstić information content (AvgIpc) is 1.48. The zero-order chi connectivity index (χ0) is 82.9. The molecule has 16 nitrogen and oxygen atoms in total. The Kier molecular flexibility index (Phi) is 47.1. The van der Waals surface area contributed by atoms with E-state index >= 15 is 0 Å². The molecule has 0 atom stereocenters. The Balaban J connectivity index is 0.000000750. The third kappa shape index (κ3) is 35.9. The molecule has 4 aromatic heterocycles. The fourth-order valence-electron chi connectivity index (χ4n) is 11.9. The Bertz CT molecular complexity index is 3110. The predicted octanol–water partition coefficient (Wildman–Crippen LogP) is -12.1. The number of pyridine rings is 4. The van der Waals surface area contributed by atoms with Gasteiger partial charge in [-0.05, 0) is 137 Å². The number of ether oxygens (including phenoxy) is 2. The summed E-state index contributed by atoms with van der Waals surface area (Å²) in [6.45, 7) is 16.5. The number of ketones is 1. The van der Waals surface area contributed by atoms with Gasteiger partial charge in [0.25, 0.3) is 0 Å². The first-order chi connectivity index (χ1) is 49.1. The van der Waals surface area contributed by atoms with E-state index in [0.717, 1.165) is 19.1 Å². The zero-order valence-electron chi connectivity index (χ0n) is 61.9. The summed E-state index contributed by atoms with van der Waals surface area (Å²) in [4.78, 5) is 46.7. The van der Waals surface area contributed by atoms with Crippen molar-refractivity contribution < 1.29 is 44.4 Å². The molecule has 6 rings (SSSR count). The lowest BCUT2D eigenvalue weighted by atomic mass is 8.25. The largest absolute Gasteiger partial charge is 0.490 e. The summed E-state index contributed by atoms with van der Waals surface area (Å²) in [5, 5.41) is 43.6. The molecule has 0 amide bonds. The summed E-state index contributed by atoms with van der Waals surface area (Å²) in [6.07, 6.45) is -20.7. The molecule has 0 bridgehead atoms. The molecule has 48 radical (unpaired) electrons. The van der Waals surface area contributed by atoms with Gasteiger partial charge in [-0.25, -0.2) is 19.8 Å². The number of nitrogens with zero attached hydrogens (tertiary/aromatic N) is 6. The van der Waals surface area contributed by atoms with Crippen molar-refractivity contribution in [2.45, 2.75) is 78.4 Å². The van der Waals surface area contributed by atoms with Gasteiger partial charge in [-0.3, -0.25) is 19.7 Å². The molecule has 66 heteroatoms. The van der Waals surface area contributed by atoms with Gasteiger partial charge in [-0.1, -0.05) is 19.9 Å². The second-order valence-corrected chi connectivity index (χ2v) is 31.8. The van der Waals surface area contributed by atoms with E-state index in [0.29, 0.717) is 48.3 Å². The minimum absolute atomic E-state index is 0.00469. The fraction of sp³-hybridized carbons (Fsp3) is 0.415. The zero-order valence-corrected chi connectivity index (χ0v) is 66.6. The van der Waals surface area contributed by atoms with E-state index in [4.69, 9.17) is 226 Å². The molecule has 0 aromatic carbocycles. The van der Waals surface area contributed by atoms with Crippen LogP contribution in [0.1, 0.15) is 94.2 Å². The maximum atomic E-state index is 11.7. The molecule has 0 saturated heterocycles. The monoisotopic (exact) mass is 1540 g/mol. The van der Waals surface area contributed by atoms with Gasteiger partial charge in [0.05, 0.1) is 17.7 Å². The third-order valence-electron chi connectivity index (χ3n) is 17.0. The minimum atomic E-state index is -1.50. The molecule has 4 aromatic rings. The number of carboxylic acid groups (broad SMARTS) is 1. The Morgan fingerprint density at radius 3 is 0.888 bits per heavy atom. The Morgan fingerprint density at radius 2 is 0.692 bits per heavy atom. The first-order valence-corrected chi connectivity index (χ1v) is 36.0. The number of aromatic nitrogens is 4. The van der Waals surface area contributed by atoms with Gasteiger partial charge < -0.3 is 40.6 Å². The number of nitrogens with two attached hydrogens (primary N) is 1. The number of Topliss-reactive ketones (excluding diaryl/α,β-unsaturated/α-hetero) is 1. The number of aliphatic hydroxyl groups excluding tert-OH is 2. The Labute approximate surface area is 703 Å². The molecule has 0 spiro atoms. The number of carboxylic acids is 1. The predicted molar refractivity (Wildman–Crippen MR) is 510 cm³/mol. The molecule has 6 heterocycles. The van der Waals surface area contributed by atoms with Crippen molar-refractivity contribution in [2.24, 2.45) is 21.1 Å². The first-order valence-electron chi connectivity index (χ1n) is 33.7. The van der Waals surface area contributed by atoms with E-state index in [1.54, 1.807) is 56.6 Å². The number of aliphatic hydroxyl groups is 2. The fourth-order valence-corrected chi connectivity index (χ4v) is 12.6. The van der Waals surface area contributed by atoms with Crippen LogP contribution in [0.5, 0.6) is 0 Å². The molecule has 0 unspecified atom stereocenters. The summed E-state index contributed by atoms with van der Waals surface area (Å²) >= 11 is 9.73. The quantitative estimate of drug-likeness (QED) is 0.0210. The number of carbonyl (C=O) groups is 2. The maximum absolute atomic E-state index is 11.7. The van der Waals surface area contributed by atoms with E-state index < -0.39 is 159 Å². The van der Waals surface area contributed by atoms with E-state index in [1.807, 2.05) is 53.7 Å². The number of carbonyl (C=O) groups excluding carboxylic acids is 1. The van der Waals surface area contributed by atoms with Gasteiger partial charge in [0.1, 0.15) is 36.0 Å². The van der Waals surface area contributed by atoms with Gasteiger partial charge in [-0.2, -0.15) is 0 Å². The number of rotatable bonds is 30. The van der Waals surface area contributed by atoms with Crippen LogP contribution in [0, 0.1) is 5.41 Å². The topological polar surface area (TPSA) is 256 Å². The lowest BCUT2D eigenvalue weighted by Gasteiger charge is -2.56. The molecule has 7 N–H and O–H groups in total. The molecule has 2 aliphatic heterocycles. The molecular weight excluding hydrogens is 1480 g/mol. The summed E-state index contributed by atoms with van der Waals surface area (Å²) in [6, 6.07) is 13.6. The van der Waals surface area contributed by atoms with Gasteiger partial charge in [0.15, 0.2) is 5.78 Å². The van der Waals surface area contributed by atoms with Crippen LogP contribution in [0.25, 0.3) is 0 Å². The van der Waals surface area contributed by atoms with Gasteiger partial charge in [0.2, 0.25) is 11.8 Å². The van der Waals surface area contributed by atoms with Crippen molar-refractivity contribution in [3.8, 4) is 0 Å². The Morgan fingerprint density at radius 1 is 0.430 bits per heavy atom. The molecule has 0 fully saturated rings. The number of hydrogen-bond donors (Lipinski definition) is 6. The molecule has 107 heavy (non-hydrogen) atoms. The minimum Gasteiger partial charge on any atom is -0.477 e. The number of aliphatic imine (C=N–C) groups is 2. The highest BCUT2D eigenvalue weighted by molar-refractivity contribution is 9.11. The van der Waals surface area contributed by atoms with Gasteiger partial charge in [0, 0.05) is 388 Å². The lowest BCUT2D eigenvalue weighted by Crippen LogP contribution is -2.94. The highest BCUT2D eigenvalue weighted by Gasteiger charge is 2.59. The van der Waals surface area contributed by atoms with E-state index in [2.05, 4.69) is 77.7 Å². The van der Waals surface area contributed by atoms with Crippen LogP contribution in [-0.4, -0.2) is 445 Å². The normalized spacial score (nSPS) is 12.4. The van der Waals surface area contributed by atoms with Crippen LogP contribution in [0.4, 0.5) is 0 Å². The molecule has 0 aliphatic carbocycles. The molecule has 2 aliphatic rings. The van der Waals surface area contributed by atoms with Crippen molar-refractivity contribution in [2.75, 3.05) is 26.4 Å². The molecular formula is C41H53B47Br3N7O9. The lowest BCUT2D eigenvalue weighted by molar-refractivity contribution is 0.0690. The average molecular weight is 1540 g/mol. The van der Waals surface area contributed by atoms with Crippen LogP contribution in [0.3, 0.4) is 0 Å². The van der Waals surface area contributed by atoms with Crippen LogP contribution in [0.2, 0.25) is 0 Å². The smallest absolute Gasteiger partial charge is 0.477 e. The second-order valence-electron chi connectivity index (χ2n) is 29.0. The molecule has 468 valence electrons. The second kappa shape index (κ2) is 48.5. The summed E-state index contributed by atoms with van der Waals surface area (Å²) in [5.74, 6) is 0.0977. The standard InChI is InChI=1S/C11H14BrNO2.C10H13BN2O3.C10H11BrN2O.C6H4BrNO2.C4H11NO.B46/c1-11(2,7-14)5-10(15)9-4-3-8(12)6-13-9;1-10(2)6-16-9(13-10)8-4-3-7(5-12-8)11(14)15;1-10(2)6-14-9(13-10)8-4-3-7(11)5-12-8;7-4-1-2-5(6(9)10)8-3-4;1-4(2,5)3-6;1-25(2)37(26(3)4)43(38(27(5)6)28(7)8)46(44(39(29(9)10)30(11)12)40(31(13)14)32(15)16)45(41(33(17)18)34(19)20)42(35(21)22)36(23)24/h3-4,6,14H,5,7H2,1-2H3;3-5,14-15H,6H2,1-2H3;3-5H,6H2,1-2H3;1-3H,(H,9,10);6H,3,5H2,1-2H3;. The third-order valence-corrected chi connectivity index (χ3v) is 18.4. The van der Waals surface area contributed by atoms with Gasteiger partial charge >= 0.3 is 13.1 Å².